The van der Waals surface area contributed by atoms with Crippen LogP contribution in [0.25, 0.3) is 0 Å². The maximum Gasteiger partial charge on any atom is 0.219 e. The van der Waals surface area contributed by atoms with Crippen LogP contribution < -0.4 is 10.1 Å². The first-order chi connectivity index (χ1) is 9.43. The summed E-state index contributed by atoms with van der Waals surface area (Å²) in [4.78, 5) is 8.70. The Hall–Kier alpha value is -1.16. The molecule has 0 radical (unpaired) electrons. The van der Waals surface area contributed by atoms with Crippen molar-refractivity contribution in [1.29, 1.82) is 0 Å². The summed E-state index contributed by atoms with van der Waals surface area (Å²) in [7, 11) is 0. The fraction of sp³-hybridized carbons (Fsp3) is 0.733. The minimum absolute atomic E-state index is 0.631. The van der Waals surface area contributed by atoms with Crippen molar-refractivity contribution in [2.24, 2.45) is 0 Å². The normalized spacial score (nSPS) is 22.8. The maximum absolute atomic E-state index is 5.92. The van der Waals surface area contributed by atoms with Crippen LogP contribution in [0.5, 0.6) is 5.88 Å². The zero-order valence-corrected chi connectivity index (χ0v) is 11.5. The quantitative estimate of drug-likeness (QED) is 0.903. The van der Waals surface area contributed by atoms with E-state index in [1.807, 2.05) is 0 Å². The summed E-state index contributed by atoms with van der Waals surface area (Å²) in [6.45, 7) is 1.93. The van der Waals surface area contributed by atoms with E-state index >= 15 is 0 Å². The van der Waals surface area contributed by atoms with Crippen LogP contribution in [-0.4, -0.2) is 29.2 Å². The van der Waals surface area contributed by atoms with Gasteiger partial charge in [0.15, 0.2) is 0 Å². The Morgan fingerprint density at radius 2 is 2.11 bits per heavy atom. The molecule has 0 aromatic carbocycles. The van der Waals surface area contributed by atoms with Gasteiger partial charge in [0.2, 0.25) is 5.88 Å². The molecule has 0 spiro atoms. The molecule has 0 saturated carbocycles. The Labute approximate surface area is 115 Å². The SMILES string of the molecule is c1nc2c(c(OCCC3CCCCN3)n1)CCCC2. The monoisotopic (exact) mass is 261 g/mol. The third kappa shape index (κ3) is 3.24. The van der Waals surface area contributed by atoms with Crippen molar-refractivity contribution in [3.05, 3.63) is 17.6 Å². The van der Waals surface area contributed by atoms with Gasteiger partial charge in [0.05, 0.1) is 12.3 Å². The first kappa shape index (κ1) is 12.9. The Bertz CT molecular complexity index is 416. The van der Waals surface area contributed by atoms with E-state index in [1.165, 1.54) is 43.4 Å². The average Bonchev–Trinajstić information content (AvgIpc) is 2.49. The van der Waals surface area contributed by atoms with E-state index in [4.69, 9.17) is 4.74 Å². The highest BCUT2D eigenvalue weighted by Gasteiger charge is 2.17. The van der Waals surface area contributed by atoms with Crippen LogP contribution in [0.4, 0.5) is 0 Å². The van der Waals surface area contributed by atoms with Crippen molar-refractivity contribution < 1.29 is 4.74 Å². The number of nitrogens with zero attached hydrogens (tertiary/aromatic N) is 2. The largest absolute Gasteiger partial charge is 0.477 e. The fourth-order valence-corrected chi connectivity index (χ4v) is 3.08. The van der Waals surface area contributed by atoms with E-state index in [-0.39, 0.29) is 0 Å². The molecule has 1 aromatic rings. The van der Waals surface area contributed by atoms with Gasteiger partial charge in [-0.15, -0.1) is 0 Å². The van der Waals surface area contributed by atoms with Gasteiger partial charge in [-0.25, -0.2) is 9.97 Å². The minimum Gasteiger partial charge on any atom is -0.477 e. The van der Waals surface area contributed by atoms with Gasteiger partial charge in [0.1, 0.15) is 6.33 Å². The highest BCUT2D eigenvalue weighted by atomic mass is 16.5. The standard InChI is InChI=1S/C15H23N3O/c1-2-7-14-13(6-1)15(18-11-17-14)19-10-8-12-5-3-4-9-16-12/h11-12,16H,1-10H2. The van der Waals surface area contributed by atoms with Crippen LogP contribution in [-0.2, 0) is 12.8 Å². The summed E-state index contributed by atoms with van der Waals surface area (Å²) >= 11 is 0. The van der Waals surface area contributed by atoms with E-state index in [9.17, 15) is 0 Å². The number of hydrogen-bond donors (Lipinski definition) is 1. The van der Waals surface area contributed by atoms with Crippen LogP contribution >= 0.6 is 0 Å². The Morgan fingerprint density at radius 3 is 3.00 bits per heavy atom. The molecular formula is C15H23N3O. The summed E-state index contributed by atoms with van der Waals surface area (Å²) in [5.74, 6) is 0.834. The second-order valence-electron chi connectivity index (χ2n) is 5.60. The lowest BCUT2D eigenvalue weighted by Crippen LogP contribution is -2.35. The Kier molecular flexibility index (Phi) is 4.28. The number of nitrogens with one attached hydrogen (secondary N) is 1. The predicted molar refractivity (Wildman–Crippen MR) is 74.4 cm³/mol. The molecule has 4 heteroatoms. The first-order valence-corrected chi connectivity index (χ1v) is 7.62. The highest BCUT2D eigenvalue weighted by molar-refractivity contribution is 5.31. The number of aryl methyl sites for hydroxylation is 1. The number of piperidine rings is 1. The Balaban J connectivity index is 1.54. The summed E-state index contributed by atoms with van der Waals surface area (Å²) in [6.07, 6.45) is 11.3. The van der Waals surface area contributed by atoms with Crippen LogP contribution in [0.3, 0.4) is 0 Å². The van der Waals surface area contributed by atoms with Crippen LogP contribution in [0, 0.1) is 0 Å². The number of ether oxygens (including phenoxy) is 1. The molecule has 104 valence electrons. The third-order valence-electron chi connectivity index (χ3n) is 4.20. The molecule has 1 unspecified atom stereocenters. The lowest BCUT2D eigenvalue weighted by molar-refractivity contribution is 0.257. The zero-order valence-electron chi connectivity index (χ0n) is 11.5. The van der Waals surface area contributed by atoms with E-state index in [0.717, 1.165) is 38.3 Å². The minimum atomic E-state index is 0.631. The lowest BCUT2D eigenvalue weighted by atomic mass is 9.97. The molecule has 1 fully saturated rings. The van der Waals surface area contributed by atoms with Gasteiger partial charge in [-0.05, 0) is 51.5 Å². The molecule has 3 rings (SSSR count). The van der Waals surface area contributed by atoms with Crippen molar-refractivity contribution in [1.82, 2.24) is 15.3 Å². The van der Waals surface area contributed by atoms with Crippen LogP contribution in [0.15, 0.2) is 6.33 Å². The molecule has 1 atom stereocenters. The predicted octanol–water partition coefficient (Wildman–Crippen LogP) is 2.27. The summed E-state index contributed by atoms with van der Waals surface area (Å²) in [6, 6.07) is 0.631. The number of fused-ring (bicyclic) bond motifs is 1. The van der Waals surface area contributed by atoms with Crippen molar-refractivity contribution in [3.63, 3.8) is 0 Å². The van der Waals surface area contributed by atoms with Crippen LogP contribution in [0.1, 0.15) is 49.8 Å². The molecule has 1 saturated heterocycles. The molecule has 1 aromatic heterocycles. The molecule has 2 aliphatic rings. The topological polar surface area (TPSA) is 47.0 Å². The van der Waals surface area contributed by atoms with Crippen molar-refractivity contribution >= 4 is 0 Å². The van der Waals surface area contributed by atoms with Crippen molar-refractivity contribution in [2.45, 2.75) is 57.4 Å². The summed E-state index contributed by atoms with van der Waals surface area (Å²) in [5, 5.41) is 3.55. The molecule has 1 N–H and O–H groups in total. The van der Waals surface area contributed by atoms with E-state index < -0.39 is 0 Å². The third-order valence-corrected chi connectivity index (χ3v) is 4.20. The Morgan fingerprint density at radius 1 is 1.16 bits per heavy atom. The van der Waals surface area contributed by atoms with Gasteiger partial charge in [0.25, 0.3) is 0 Å². The van der Waals surface area contributed by atoms with Gasteiger partial charge in [-0.2, -0.15) is 0 Å². The van der Waals surface area contributed by atoms with Crippen LogP contribution in [0.2, 0.25) is 0 Å². The zero-order chi connectivity index (χ0) is 12.9. The molecule has 0 bridgehead atoms. The summed E-state index contributed by atoms with van der Waals surface area (Å²) in [5.41, 5.74) is 2.46. The van der Waals surface area contributed by atoms with Gasteiger partial charge in [0, 0.05) is 11.6 Å². The fourth-order valence-electron chi connectivity index (χ4n) is 3.08. The number of rotatable bonds is 4. The van der Waals surface area contributed by atoms with E-state index in [2.05, 4.69) is 15.3 Å². The van der Waals surface area contributed by atoms with E-state index in [1.54, 1.807) is 6.33 Å². The average molecular weight is 261 g/mol. The van der Waals surface area contributed by atoms with E-state index in [0.29, 0.717) is 6.04 Å². The molecule has 1 aliphatic heterocycles. The first-order valence-electron chi connectivity index (χ1n) is 7.62. The highest BCUT2D eigenvalue weighted by Crippen LogP contribution is 2.26. The lowest BCUT2D eigenvalue weighted by Gasteiger charge is -2.23. The van der Waals surface area contributed by atoms with Gasteiger partial charge in [-0.3, -0.25) is 0 Å². The number of aromatic nitrogens is 2. The molecule has 4 nitrogen and oxygen atoms in total. The molecule has 1 aliphatic carbocycles. The van der Waals surface area contributed by atoms with Gasteiger partial charge < -0.3 is 10.1 Å². The second-order valence-corrected chi connectivity index (χ2v) is 5.60. The van der Waals surface area contributed by atoms with Crippen molar-refractivity contribution in [2.75, 3.05) is 13.2 Å². The molecular weight excluding hydrogens is 238 g/mol. The maximum atomic E-state index is 5.92. The number of hydrogen-bond acceptors (Lipinski definition) is 4. The van der Waals surface area contributed by atoms with Gasteiger partial charge in [-0.1, -0.05) is 6.42 Å². The summed E-state index contributed by atoms with van der Waals surface area (Å²) < 4.78 is 5.92. The smallest absolute Gasteiger partial charge is 0.219 e. The van der Waals surface area contributed by atoms with Gasteiger partial charge >= 0.3 is 0 Å². The molecule has 2 heterocycles. The van der Waals surface area contributed by atoms with Crippen molar-refractivity contribution in [3.8, 4) is 5.88 Å². The molecule has 19 heavy (non-hydrogen) atoms. The second kappa shape index (κ2) is 6.33. The molecule has 0 amide bonds.